The van der Waals surface area contributed by atoms with Crippen molar-refractivity contribution >= 4 is 5.91 Å². The Bertz CT molecular complexity index is 602. The number of hydrogen-bond acceptors (Lipinski definition) is 5. The number of ether oxygens (including phenoxy) is 2. The van der Waals surface area contributed by atoms with Gasteiger partial charge in [0.15, 0.2) is 11.5 Å². The zero-order chi connectivity index (χ0) is 15.1. The van der Waals surface area contributed by atoms with Gasteiger partial charge in [0, 0.05) is 18.9 Å². The Morgan fingerprint density at radius 3 is 2.52 bits per heavy atom. The minimum atomic E-state index is -0.281. The van der Waals surface area contributed by atoms with Crippen molar-refractivity contribution in [2.45, 2.75) is 6.42 Å². The minimum Gasteiger partial charge on any atom is -0.493 e. The molecule has 110 valence electrons. The molecule has 1 aromatic heterocycles. The molecule has 1 heterocycles. The summed E-state index contributed by atoms with van der Waals surface area (Å²) >= 11 is 0. The van der Waals surface area contributed by atoms with Crippen LogP contribution in [0.3, 0.4) is 0 Å². The van der Waals surface area contributed by atoms with Crippen LogP contribution in [0.2, 0.25) is 0 Å². The summed E-state index contributed by atoms with van der Waals surface area (Å²) in [6.07, 6.45) is 3.76. The van der Waals surface area contributed by atoms with Gasteiger partial charge in [0.2, 0.25) is 5.82 Å². The van der Waals surface area contributed by atoms with Gasteiger partial charge >= 0.3 is 0 Å². The molecule has 0 fully saturated rings. The third-order valence-electron chi connectivity index (χ3n) is 2.92. The van der Waals surface area contributed by atoms with E-state index in [0.717, 1.165) is 5.56 Å². The third-order valence-corrected chi connectivity index (χ3v) is 2.92. The molecule has 1 aromatic carbocycles. The number of rotatable bonds is 6. The molecule has 0 bridgehead atoms. The summed E-state index contributed by atoms with van der Waals surface area (Å²) in [5, 5.41) is 2.78. The van der Waals surface area contributed by atoms with E-state index in [1.54, 1.807) is 20.3 Å². The third kappa shape index (κ3) is 3.92. The smallest absolute Gasteiger partial charge is 0.289 e. The molecule has 1 amide bonds. The Kier molecular flexibility index (Phi) is 5.09. The minimum absolute atomic E-state index is 0.171. The molecular weight excluding hydrogens is 270 g/mol. The number of nitrogens with one attached hydrogen (secondary N) is 1. The molecule has 0 aliphatic rings. The van der Waals surface area contributed by atoms with Crippen molar-refractivity contribution in [3.63, 3.8) is 0 Å². The number of carbonyl (C=O) groups excluding carboxylic acids is 1. The Labute approximate surface area is 123 Å². The van der Waals surface area contributed by atoms with Crippen molar-refractivity contribution < 1.29 is 14.3 Å². The number of methoxy groups -OCH3 is 2. The maximum atomic E-state index is 11.8. The fourth-order valence-corrected chi connectivity index (χ4v) is 1.85. The molecule has 0 aliphatic heterocycles. The second kappa shape index (κ2) is 7.23. The van der Waals surface area contributed by atoms with Gasteiger partial charge in [0.05, 0.1) is 14.2 Å². The molecule has 0 saturated heterocycles. The van der Waals surface area contributed by atoms with Crippen molar-refractivity contribution in [3.05, 3.63) is 48.0 Å². The first-order chi connectivity index (χ1) is 10.2. The highest BCUT2D eigenvalue weighted by atomic mass is 16.5. The quantitative estimate of drug-likeness (QED) is 0.871. The first-order valence-corrected chi connectivity index (χ1v) is 6.50. The molecule has 2 rings (SSSR count). The number of hydrogen-bond donors (Lipinski definition) is 1. The van der Waals surface area contributed by atoms with Crippen molar-refractivity contribution in [1.29, 1.82) is 0 Å². The Morgan fingerprint density at radius 2 is 1.86 bits per heavy atom. The van der Waals surface area contributed by atoms with Crippen LogP contribution in [-0.2, 0) is 6.42 Å². The van der Waals surface area contributed by atoms with Crippen molar-refractivity contribution in [3.8, 4) is 11.5 Å². The zero-order valence-corrected chi connectivity index (χ0v) is 12.0. The Hall–Kier alpha value is -2.63. The number of carbonyl (C=O) groups is 1. The summed E-state index contributed by atoms with van der Waals surface area (Å²) in [5.74, 6) is 1.25. The molecule has 0 radical (unpaired) electrons. The molecule has 0 aliphatic carbocycles. The van der Waals surface area contributed by atoms with E-state index in [1.165, 1.54) is 12.4 Å². The summed E-state index contributed by atoms with van der Waals surface area (Å²) in [6, 6.07) is 7.34. The number of benzene rings is 1. The molecule has 0 saturated carbocycles. The Morgan fingerprint density at radius 1 is 1.14 bits per heavy atom. The number of aromatic nitrogens is 2. The van der Waals surface area contributed by atoms with E-state index >= 15 is 0 Å². The van der Waals surface area contributed by atoms with E-state index in [9.17, 15) is 4.79 Å². The molecule has 6 heteroatoms. The van der Waals surface area contributed by atoms with E-state index < -0.39 is 0 Å². The molecule has 0 atom stereocenters. The normalized spacial score (nSPS) is 10.0. The van der Waals surface area contributed by atoms with Crippen LogP contribution < -0.4 is 14.8 Å². The van der Waals surface area contributed by atoms with Crippen LogP contribution in [0.4, 0.5) is 0 Å². The van der Waals surface area contributed by atoms with E-state index in [1.807, 2.05) is 18.2 Å². The second-order valence-electron chi connectivity index (χ2n) is 4.27. The largest absolute Gasteiger partial charge is 0.493 e. The van der Waals surface area contributed by atoms with Gasteiger partial charge in [-0.15, -0.1) is 0 Å². The summed E-state index contributed by atoms with van der Waals surface area (Å²) in [6.45, 7) is 0.493. The van der Waals surface area contributed by atoms with Gasteiger partial charge in [-0.25, -0.2) is 9.97 Å². The van der Waals surface area contributed by atoms with Crippen molar-refractivity contribution in [2.75, 3.05) is 20.8 Å². The van der Waals surface area contributed by atoms with Gasteiger partial charge in [-0.1, -0.05) is 6.07 Å². The van der Waals surface area contributed by atoms with E-state index in [2.05, 4.69) is 15.3 Å². The van der Waals surface area contributed by atoms with Crippen LogP contribution in [0.25, 0.3) is 0 Å². The molecular formula is C15H17N3O3. The SMILES string of the molecule is COc1ccc(CCNC(=O)c2ncccn2)cc1OC. The second-order valence-corrected chi connectivity index (χ2v) is 4.27. The number of nitrogens with zero attached hydrogens (tertiary/aromatic N) is 2. The lowest BCUT2D eigenvalue weighted by Crippen LogP contribution is -2.27. The fraction of sp³-hybridized carbons (Fsp3) is 0.267. The summed E-state index contributed by atoms with van der Waals surface area (Å²) < 4.78 is 10.4. The van der Waals surface area contributed by atoms with Crippen molar-refractivity contribution in [2.24, 2.45) is 0 Å². The topological polar surface area (TPSA) is 73.3 Å². The molecule has 1 N–H and O–H groups in total. The van der Waals surface area contributed by atoms with Crippen LogP contribution in [0, 0.1) is 0 Å². The molecule has 6 nitrogen and oxygen atoms in total. The highest BCUT2D eigenvalue weighted by molar-refractivity contribution is 5.90. The lowest BCUT2D eigenvalue weighted by Gasteiger charge is -2.09. The van der Waals surface area contributed by atoms with Gasteiger partial charge in [0.1, 0.15) is 0 Å². The first kappa shape index (κ1) is 14.8. The summed E-state index contributed by atoms with van der Waals surface area (Å²) in [4.78, 5) is 19.6. The van der Waals surface area contributed by atoms with Crippen LogP contribution >= 0.6 is 0 Å². The monoisotopic (exact) mass is 287 g/mol. The van der Waals surface area contributed by atoms with E-state index in [4.69, 9.17) is 9.47 Å². The standard InChI is InChI=1S/C15H17N3O3/c1-20-12-5-4-11(10-13(12)21-2)6-9-18-15(19)14-16-7-3-8-17-14/h3-5,7-8,10H,6,9H2,1-2H3,(H,18,19). The van der Waals surface area contributed by atoms with Gasteiger partial charge < -0.3 is 14.8 Å². The van der Waals surface area contributed by atoms with Crippen LogP contribution in [0.1, 0.15) is 16.2 Å². The zero-order valence-electron chi connectivity index (χ0n) is 12.0. The van der Waals surface area contributed by atoms with E-state index in [0.29, 0.717) is 24.5 Å². The molecule has 21 heavy (non-hydrogen) atoms. The summed E-state index contributed by atoms with van der Waals surface area (Å²) in [7, 11) is 3.19. The maximum absolute atomic E-state index is 11.8. The molecule has 2 aromatic rings. The Balaban J connectivity index is 1.90. The van der Waals surface area contributed by atoms with E-state index in [-0.39, 0.29) is 11.7 Å². The van der Waals surface area contributed by atoms with Crippen LogP contribution in [-0.4, -0.2) is 36.6 Å². The highest BCUT2D eigenvalue weighted by Gasteiger charge is 2.08. The first-order valence-electron chi connectivity index (χ1n) is 6.50. The number of amides is 1. The average Bonchev–Trinajstić information content (AvgIpc) is 2.55. The predicted octanol–water partition coefficient (Wildman–Crippen LogP) is 1.47. The van der Waals surface area contributed by atoms with Crippen LogP contribution in [0.15, 0.2) is 36.7 Å². The average molecular weight is 287 g/mol. The highest BCUT2D eigenvalue weighted by Crippen LogP contribution is 2.27. The molecule has 0 unspecified atom stereocenters. The van der Waals surface area contributed by atoms with Gasteiger partial charge in [0.25, 0.3) is 5.91 Å². The van der Waals surface area contributed by atoms with Gasteiger partial charge in [-0.3, -0.25) is 4.79 Å². The lowest BCUT2D eigenvalue weighted by atomic mass is 10.1. The van der Waals surface area contributed by atoms with Gasteiger partial charge in [-0.05, 0) is 30.2 Å². The predicted molar refractivity (Wildman–Crippen MR) is 77.6 cm³/mol. The van der Waals surface area contributed by atoms with Crippen LogP contribution in [0.5, 0.6) is 11.5 Å². The van der Waals surface area contributed by atoms with Crippen molar-refractivity contribution in [1.82, 2.24) is 15.3 Å². The summed E-state index contributed by atoms with van der Waals surface area (Å²) in [5.41, 5.74) is 1.04. The lowest BCUT2D eigenvalue weighted by molar-refractivity contribution is 0.0943. The maximum Gasteiger partial charge on any atom is 0.289 e. The van der Waals surface area contributed by atoms with Gasteiger partial charge in [-0.2, -0.15) is 0 Å². The molecule has 0 spiro atoms. The fourth-order valence-electron chi connectivity index (χ4n) is 1.85.